The largest absolute Gasteiger partial charge is 0.366 e. The van der Waals surface area contributed by atoms with Crippen LogP contribution in [0.3, 0.4) is 0 Å². The summed E-state index contributed by atoms with van der Waals surface area (Å²) in [5.74, 6) is -0.325. The Morgan fingerprint density at radius 1 is 1.33 bits per heavy atom. The molecule has 0 saturated heterocycles. The molecule has 7 nitrogen and oxygen atoms in total. The zero-order valence-electron chi connectivity index (χ0n) is 9.04. The summed E-state index contributed by atoms with van der Waals surface area (Å²) in [4.78, 5) is 19.8. The van der Waals surface area contributed by atoms with Crippen LogP contribution >= 0.6 is 11.3 Å². The summed E-state index contributed by atoms with van der Waals surface area (Å²) < 4.78 is 1.00. The maximum absolute atomic E-state index is 11.8. The number of fused-ring (bicyclic) bond motifs is 1. The lowest BCUT2D eigenvalue weighted by Crippen LogP contribution is -2.13. The van der Waals surface area contributed by atoms with Crippen molar-refractivity contribution < 1.29 is 4.79 Å². The molecule has 90 valence electrons. The lowest BCUT2D eigenvalue weighted by Gasteiger charge is -1.95. The van der Waals surface area contributed by atoms with Gasteiger partial charge in [-0.1, -0.05) is 23.5 Å². The van der Waals surface area contributed by atoms with E-state index >= 15 is 0 Å². The third-order valence-corrected chi connectivity index (χ3v) is 3.18. The molecule has 3 aromatic rings. The van der Waals surface area contributed by atoms with Crippen molar-refractivity contribution in [2.45, 2.75) is 0 Å². The summed E-state index contributed by atoms with van der Waals surface area (Å²) in [5, 5.41) is 9.17. The molecule has 2 heterocycles. The Hall–Kier alpha value is -2.48. The van der Waals surface area contributed by atoms with Crippen molar-refractivity contribution in [1.29, 1.82) is 0 Å². The van der Waals surface area contributed by atoms with Crippen molar-refractivity contribution >= 4 is 38.5 Å². The molecule has 4 N–H and O–H groups in total. The van der Waals surface area contributed by atoms with E-state index in [2.05, 4.69) is 25.5 Å². The van der Waals surface area contributed by atoms with Crippen LogP contribution in [0.2, 0.25) is 0 Å². The molecule has 2 aromatic heterocycles. The van der Waals surface area contributed by atoms with Crippen LogP contribution in [0, 0.1) is 0 Å². The Morgan fingerprint density at radius 2 is 2.17 bits per heavy atom. The number of benzene rings is 1. The molecule has 1 amide bonds. The Kier molecular flexibility index (Phi) is 2.41. The topological polar surface area (TPSA) is 110 Å². The number of hydrogen-bond acceptors (Lipinski definition) is 6. The normalized spacial score (nSPS) is 10.7. The van der Waals surface area contributed by atoms with Gasteiger partial charge in [-0.05, 0) is 12.1 Å². The van der Waals surface area contributed by atoms with E-state index in [9.17, 15) is 4.79 Å². The number of aromatic amines is 1. The first-order valence-electron chi connectivity index (χ1n) is 5.07. The monoisotopic (exact) mass is 260 g/mol. The summed E-state index contributed by atoms with van der Waals surface area (Å²) in [6, 6.07) is 7.64. The highest BCUT2D eigenvalue weighted by molar-refractivity contribution is 7.22. The molecule has 18 heavy (non-hydrogen) atoms. The van der Waals surface area contributed by atoms with Crippen LogP contribution in [0.4, 0.5) is 11.1 Å². The molecule has 0 saturated carbocycles. The molecule has 0 bridgehead atoms. The van der Waals surface area contributed by atoms with Gasteiger partial charge in [-0.2, -0.15) is 4.98 Å². The lowest BCUT2D eigenvalue weighted by molar-refractivity contribution is 0.101. The SMILES string of the molecule is Nc1n[nH]c(C(=O)Nc2nc3ccccc3s2)n1. The maximum Gasteiger partial charge on any atom is 0.294 e. The maximum atomic E-state index is 11.8. The fraction of sp³-hybridized carbons (Fsp3) is 0. The van der Waals surface area contributed by atoms with Gasteiger partial charge in [0, 0.05) is 0 Å². The van der Waals surface area contributed by atoms with Gasteiger partial charge < -0.3 is 5.73 Å². The third-order valence-electron chi connectivity index (χ3n) is 2.23. The van der Waals surface area contributed by atoms with E-state index in [0.29, 0.717) is 5.13 Å². The number of nitrogens with one attached hydrogen (secondary N) is 2. The third kappa shape index (κ3) is 1.89. The van der Waals surface area contributed by atoms with Crippen LogP contribution in [0.5, 0.6) is 0 Å². The first kappa shape index (κ1) is 10.7. The van der Waals surface area contributed by atoms with Crippen molar-refractivity contribution in [3.63, 3.8) is 0 Å². The van der Waals surface area contributed by atoms with Gasteiger partial charge in [0.2, 0.25) is 11.8 Å². The van der Waals surface area contributed by atoms with Crippen molar-refractivity contribution in [2.24, 2.45) is 0 Å². The number of nitrogens with two attached hydrogens (primary N) is 1. The second-order valence-electron chi connectivity index (χ2n) is 3.48. The minimum absolute atomic E-state index is 0.0319. The number of amides is 1. The number of para-hydroxylation sites is 1. The fourth-order valence-corrected chi connectivity index (χ4v) is 2.32. The summed E-state index contributed by atoms with van der Waals surface area (Å²) in [6.07, 6.45) is 0. The van der Waals surface area contributed by atoms with Crippen LogP contribution in [-0.2, 0) is 0 Å². The fourth-order valence-electron chi connectivity index (χ4n) is 1.46. The van der Waals surface area contributed by atoms with E-state index < -0.39 is 5.91 Å². The Morgan fingerprint density at radius 3 is 2.89 bits per heavy atom. The second-order valence-corrected chi connectivity index (χ2v) is 4.51. The molecule has 0 aliphatic rings. The van der Waals surface area contributed by atoms with Gasteiger partial charge in [-0.15, -0.1) is 5.10 Å². The smallest absolute Gasteiger partial charge is 0.294 e. The van der Waals surface area contributed by atoms with Crippen molar-refractivity contribution in [3.8, 4) is 0 Å². The number of rotatable bonds is 2. The number of nitrogen functional groups attached to an aromatic ring is 1. The van der Waals surface area contributed by atoms with E-state index in [1.807, 2.05) is 24.3 Å². The van der Waals surface area contributed by atoms with Crippen molar-refractivity contribution in [1.82, 2.24) is 20.2 Å². The molecular weight excluding hydrogens is 252 g/mol. The number of H-pyrrole nitrogens is 1. The number of hydrogen-bond donors (Lipinski definition) is 3. The summed E-state index contributed by atoms with van der Waals surface area (Å²) in [7, 11) is 0. The number of anilines is 2. The van der Waals surface area contributed by atoms with Crippen LogP contribution in [0.15, 0.2) is 24.3 Å². The molecule has 0 radical (unpaired) electrons. The van der Waals surface area contributed by atoms with Crippen LogP contribution in [-0.4, -0.2) is 26.1 Å². The number of carbonyl (C=O) groups excluding carboxylic acids is 1. The van der Waals surface area contributed by atoms with E-state index in [1.54, 1.807) is 0 Å². The Labute approximate surface area is 105 Å². The van der Waals surface area contributed by atoms with Gasteiger partial charge >= 0.3 is 0 Å². The highest BCUT2D eigenvalue weighted by Gasteiger charge is 2.13. The second kappa shape index (κ2) is 4.08. The number of thiazole rings is 1. The quantitative estimate of drug-likeness (QED) is 0.642. The minimum atomic E-state index is -0.418. The molecule has 0 fully saturated rings. The van der Waals surface area contributed by atoms with Gasteiger partial charge in [0.05, 0.1) is 10.2 Å². The Bertz CT molecular complexity index is 685. The van der Waals surface area contributed by atoms with Crippen LogP contribution in [0.25, 0.3) is 10.2 Å². The standard InChI is InChI=1S/C10H8N6OS/c11-9-13-7(15-16-9)8(17)14-10-12-5-3-1-2-4-6(5)18-10/h1-4H,(H,12,14,17)(H3,11,13,15,16). The zero-order chi connectivity index (χ0) is 12.5. The van der Waals surface area contributed by atoms with Gasteiger partial charge in [0.15, 0.2) is 5.13 Å². The number of aromatic nitrogens is 4. The number of carbonyl (C=O) groups is 1. The molecule has 1 aromatic carbocycles. The predicted molar refractivity (Wildman–Crippen MR) is 68.4 cm³/mol. The van der Waals surface area contributed by atoms with Gasteiger partial charge in [-0.3, -0.25) is 15.2 Å². The van der Waals surface area contributed by atoms with E-state index in [0.717, 1.165) is 10.2 Å². The van der Waals surface area contributed by atoms with Crippen molar-refractivity contribution in [2.75, 3.05) is 11.1 Å². The molecule has 0 aliphatic carbocycles. The molecule has 3 rings (SSSR count). The van der Waals surface area contributed by atoms with E-state index in [1.165, 1.54) is 11.3 Å². The highest BCUT2D eigenvalue weighted by Crippen LogP contribution is 2.25. The predicted octanol–water partition coefficient (Wildman–Crippen LogP) is 1.25. The first-order chi connectivity index (χ1) is 8.72. The van der Waals surface area contributed by atoms with Gasteiger partial charge in [0.1, 0.15) is 0 Å². The lowest BCUT2D eigenvalue weighted by atomic mass is 10.3. The minimum Gasteiger partial charge on any atom is -0.366 e. The van der Waals surface area contributed by atoms with Gasteiger partial charge in [0.25, 0.3) is 5.91 Å². The summed E-state index contributed by atoms with van der Waals surface area (Å²) >= 11 is 1.39. The highest BCUT2D eigenvalue weighted by atomic mass is 32.1. The summed E-state index contributed by atoms with van der Waals surface area (Å²) in [5.41, 5.74) is 6.17. The first-order valence-corrected chi connectivity index (χ1v) is 5.89. The molecule has 8 heteroatoms. The van der Waals surface area contributed by atoms with Gasteiger partial charge in [-0.25, -0.2) is 4.98 Å². The molecule has 0 unspecified atom stereocenters. The van der Waals surface area contributed by atoms with E-state index in [4.69, 9.17) is 5.73 Å². The van der Waals surface area contributed by atoms with E-state index in [-0.39, 0.29) is 11.8 Å². The van der Waals surface area contributed by atoms with Crippen LogP contribution < -0.4 is 11.1 Å². The molecule has 0 spiro atoms. The van der Waals surface area contributed by atoms with Crippen molar-refractivity contribution in [3.05, 3.63) is 30.1 Å². The summed E-state index contributed by atoms with van der Waals surface area (Å²) in [6.45, 7) is 0. The molecule has 0 atom stereocenters. The number of nitrogens with zero attached hydrogens (tertiary/aromatic N) is 3. The average Bonchev–Trinajstić information content (AvgIpc) is 2.94. The molecular formula is C10H8N6OS. The Balaban J connectivity index is 1.86. The van der Waals surface area contributed by atoms with Crippen LogP contribution in [0.1, 0.15) is 10.6 Å². The zero-order valence-corrected chi connectivity index (χ0v) is 9.86. The molecule has 0 aliphatic heterocycles. The average molecular weight is 260 g/mol.